The summed E-state index contributed by atoms with van der Waals surface area (Å²) < 4.78 is 2.90. The minimum Gasteiger partial charge on any atom is -0.241 e. The maximum atomic E-state index is 3.58. The molecule has 4 heteroatoms. The van der Waals surface area contributed by atoms with Gasteiger partial charge in [-0.25, -0.2) is 2.95 Å². The highest BCUT2D eigenvalue weighted by molar-refractivity contribution is 9.25. The lowest BCUT2D eigenvalue weighted by Gasteiger charge is -2.12. The summed E-state index contributed by atoms with van der Waals surface area (Å²) in [5.74, 6) is 0. The Morgan fingerprint density at radius 3 is 2.54 bits per heavy atom. The summed E-state index contributed by atoms with van der Waals surface area (Å²) in [5.41, 5.74) is 2.43. The molecule has 13 heavy (non-hydrogen) atoms. The number of rotatable bonds is 3. The molecule has 1 aromatic carbocycles. The molecule has 0 aliphatic rings. The van der Waals surface area contributed by atoms with Crippen molar-refractivity contribution < 1.29 is 0 Å². The largest absolute Gasteiger partial charge is 0.241 e. The second kappa shape index (κ2) is 5.37. The van der Waals surface area contributed by atoms with Gasteiger partial charge in [0.05, 0.1) is 38.0 Å². The number of halogens is 3. The van der Waals surface area contributed by atoms with Gasteiger partial charge in [-0.05, 0) is 34.0 Å². The van der Waals surface area contributed by atoms with Crippen LogP contribution >= 0.6 is 48.2 Å². The van der Waals surface area contributed by atoms with Gasteiger partial charge >= 0.3 is 0 Å². The highest BCUT2D eigenvalue weighted by Crippen LogP contribution is 2.33. The van der Waals surface area contributed by atoms with Crippen molar-refractivity contribution in [1.29, 1.82) is 0 Å². The van der Waals surface area contributed by atoms with E-state index in [0.717, 1.165) is 23.0 Å². The summed E-state index contributed by atoms with van der Waals surface area (Å²) >= 11 is 10.3. The highest BCUT2D eigenvalue weighted by Gasteiger charge is 2.07. The summed E-state index contributed by atoms with van der Waals surface area (Å²) in [6.45, 7) is 2.18. The van der Waals surface area contributed by atoms with E-state index < -0.39 is 0 Å². The molecule has 0 unspecified atom stereocenters. The van der Waals surface area contributed by atoms with Crippen molar-refractivity contribution in [2.45, 2.75) is 19.8 Å². The molecular weight excluding hydrogens is 362 g/mol. The second-order valence-corrected chi connectivity index (χ2v) is 5.90. The topological polar surface area (TPSA) is 3.24 Å². The standard InChI is InChI=1S/C9H10Br3N/c1-2-4-7-5-3-6-8(9(7)10)13(11)12/h3,5-6H,2,4H2,1H3. The van der Waals surface area contributed by atoms with E-state index in [0.29, 0.717) is 0 Å². The number of hydrogen-bond acceptors (Lipinski definition) is 1. The zero-order valence-corrected chi connectivity index (χ0v) is 12.0. The molecule has 0 amide bonds. The Morgan fingerprint density at radius 2 is 2.00 bits per heavy atom. The van der Waals surface area contributed by atoms with Crippen molar-refractivity contribution in [1.82, 2.24) is 0 Å². The van der Waals surface area contributed by atoms with Crippen molar-refractivity contribution in [3.05, 3.63) is 28.2 Å². The lowest BCUT2D eigenvalue weighted by atomic mass is 10.1. The Balaban J connectivity index is 3.03. The molecule has 1 aromatic rings. The zero-order valence-electron chi connectivity index (χ0n) is 7.23. The van der Waals surface area contributed by atoms with Crippen LogP contribution in [0.2, 0.25) is 0 Å². The molecule has 72 valence electrons. The van der Waals surface area contributed by atoms with Gasteiger partial charge in [0.2, 0.25) is 0 Å². The van der Waals surface area contributed by atoms with Gasteiger partial charge < -0.3 is 0 Å². The molecular formula is C9H10Br3N. The van der Waals surface area contributed by atoms with Crippen molar-refractivity contribution in [3.8, 4) is 0 Å². The number of hydrogen-bond donors (Lipinski definition) is 0. The molecule has 0 spiro atoms. The molecule has 0 aliphatic carbocycles. The normalized spacial score (nSPS) is 10.2. The smallest absolute Gasteiger partial charge is 0.0740 e. The van der Waals surface area contributed by atoms with E-state index in [1.165, 1.54) is 5.56 Å². The number of aryl methyl sites for hydroxylation is 1. The Kier molecular flexibility index (Phi) is 4.76. The van der Waals surface area contributed by atoms with Crippen LogP contribution in [-0.2, 0) is 6.42 Å². The maximum absolute atomic E-state index is 3.58. The number of benzene rings is 1. The van der Waals surface area contributed by atoms with Gasteiger partial charge in [-0.1, -0.05) is 25.5 Å². The SMILES string of the molecule is CCCc1cccc(N(Br)Br)c1Br. The summed E-state index contributed by atoms with van der Waals surface area (Å²) in [5, 5.41) is 0. The van der Waals surface area contributed by atoms with E-state index in [-0.39, 0.29) is 0 Å². The van der Waals surface area contributed by atoms with E-state index in [9.17, 15) is 0 Å². The predicted molar refractivity (Wildman–Crippen MR) is 68.5 cm³/mol. The third kappa shape index (κ3) is 2.96. The number of anilines is 1. The van der Waals surface area contributed by atoms with Crippen LogP contribution in [0.4, 0.5) is 5.69 Å². The van der Waals surface area contributed by atoms with Crippen LogP contribution in [0, 0.1) is 0 Å². The number of nitrogens with zero attached hydrogens (tertiary/aromatic N) is 1. The third-order valence-corrected chi connectivity index (χ3v) is 3.44. The molecule has 0 saturated heterocycles. The summed E-state index contributed by atoms with van der Waals surface area (Å²) in [7, 11) is 0. The van der Waals surface area contributed by atoms with Gasteiger partial charge in [-0.2, -0.15) is 0 Å². The van der Waals surface area contributed by atoms with Crippen molar-refractivity contribution in [2.24, 2.45) is 0 Å². The molecule has 1 rings (SSSR count). The average molecular weight is 372 g/mol. The lowest BCUT2D eigenvalue weighted by molar-refractivity contribution is 0.917. The summed E-state index contributed by atoms with van der Waals surface area (Å²) in [6, 6.07) is 6.23. The predicted octanol–water partition coefficient (Wildman–Crippen LogP) is 4.83. The molecule has 0 radical (unpaired) electrons. The Bertz CT molecular complexity index is 286. The van der Waals surface area contributed by atoms with Gasteiger partial charge in [0.15, 0.2) is 0 Å². The fraction of sp³-hybridized carbons (Fsp3) is 0.333. The average Bonchev–Trinajstić information content (AvgIpc) is 2.08. The fourth-order valence-electron chi connectivity index (χ4n) is 1.16. The Hall–Kier alpha value is 0.460. The Morgan fingerprint density at radius 1 is 1.31 bits per heavy atom. The van der Waals surface area contributed by atoms with Crippen LogP contribution < -0.4 is 2.95 Å². The van der Waals surface area contributed by atoms with E-state index in [1.807, 2.05) is 6.07 Å². The zero-order chi connectivity index (χ0) is 9.84. The molecule has 0 fully saturated rings. The molecule has 0 heterocycles. The van der Waals surface area contributed by atoms with Crippen LogP contribution in [0.1, 0.15) is 18.9 Å². The van der Waals surface area contributed by atoms with Crippen LogP contribution in [0.25, 0.3) is 0 Å². The van der Waals surface area contributed by atoms with E-state index in [2.05, 4.69) is 67.3 Å². The van der Waals surface area contributed by atoms with Crippen LogP contribution in [0.5, 0.6) is 0 Å². The van der Waals surface area contributed by atoms with E-state index in [1.54, 1.807) is 2.95 Å². The first kappa shape index (κ1) is 11.5. The van der Waals surface area contributed by atoms with Crippen LogP contribution in [0.15, 0.2) is 22.7 Å². The molecule has 0 atom stereocenters. The molecule has 0 bridgehead atoms. The lowest BCUT2D eigenvalue weighted by Crippen LogP contribution is -1.94. The van der Waals surface area contributed by atoms with Gasteiger partial charge in [-0.3, -0.25) is 0 Å². The van der Waals surface area contributed by atoms with Crippen molar-refractivity contribution >= 4 is 53.9 Å². The first-order valence-electron chi connectivity index (χ1n) is 4.06. The van der Waals surface area contributed by atoms with Crippen molar-refractivity contribution in [3.63, 3.8) is 0 Å². The quantitative estimate of drug-likeness (QED) is 0.688. The van der Waals surface area contributed by atoms with Crippen molar-refractivity contribution in [2.75, 3.05) is 2.95 Å². The molecule has 0 N–H and O–H groups in total. The summed E-state index contributed by atoms with van der Waals surface area (Å²) in [6.07, 6.45) is 2.26. The van der Waals surface area contributed by atoms with E-state index in [4.69, 9.17) is 0 Å². The molecule has 0 aliphatic heterocycles. The van der Waals surface area contributed by atoms with Gasteiger partial charge in [-0.15, -0.1) is 0 Å². The fourth-order valence-corrected chi connectivity index (χ4v) is 2.87. The second-order valence-electron chi connectivity index (χ2n) is 2.73. The van der Waals surface area contributed by atoms with E-state index >= 15 is 0 Å². The van der Waals surface area contributed by atoms with Gasteiger partial charge in [0.25, 0.3) is 0 Å². The van der Waals surface area contributed by atoms with Crippen LogP contribution in [0.3, 0.4) is 0 Å². The minimum absolute atomic E-state index is 1.09. The molecule has 1 nitrogen and oxygen atoms in total. The van der Waals surface area contributed by atoms with Crippen LogP contribution in [-0.4, -0.2) is 0 Å². The minimum atomic E-state index is 1.09. The first-order chi connectivity index (χ1) is 6.16. The Labute approximate surface area is 104 Å². The van der Waals surface area contributed by atoms with Gasteiger partial charge in [0.1, 0.15) is 0 Å². The van der Waals surface area contributed by atoms with Gasteiger partial charge in [0, 0.05) is 4.47 Å². The first-order valence-corrected chi connectivity index (χ1v) is 6.27. The maximum Gasteiger partial charge on any atom is 0.0740 e. The summed E-state index contributed by atoms with van der Waals surface area (Å²) in [4.78, 5) is 0. The molecule has 0 saturated carbocycles. The monoisotopic (exact) mass is 369 g/mol. The third-order valence-electron chi connectivity index (χ3n) is 1.76. The molecule has 0 aromatic heterocycles. The highest BCUT2D eigenvalue weighted by atomic mass is 79.9.